The predicted molar refractivity (Wildman–Crippen MR) is 82.5 cm³/mol. The standard InChI is InChI=1S/C16H21N3O3/c1-3-22-15-7-14(8-15)19-16(20)18-13-5-4-11(10-21-2)12(6-13)9-17/h4-6,14-15H,3,7-8,10H2,1-2H3,(H2,18,19,20). The summed E-state index contributed by atoms with van der Waals surface area (Å²) in [5.41, 5.74) is 1.89. The number of methoxy groups -OCH3 is 1. The molecule has 0 spiro atoms. The summed E-state index contributed by atoms with van der Waals surface area (Å²) in [6.45, 7) is 3.04. The van der Waals surface area contributed by atoms with Crippen LogP contribution in [-0.4, -0.2) is 31.9 Å². The van der Waals surface area contributed by atoms with Gasteiger partial charge in [0.25, 0.3) is 0 Å². The molecule has 1 saturated carbocycles. The first kappa shape index (κ1) is 16.3. The van der Waals surface area contributed by atoms with Crippen LogP contribution in [0.1, 0.15) is 30.9 Å². The molecule has 1 aliphatic carbocycles. The van der Waals surface area contributed by atoms with Crippen molar-refractivity contribution >= 4 is 11.7 Å². The first-order chi connectivity index (χ1) is 10.7. The molecule has 6 nitrogen and oxygen atoms in total. The van der Waals surface area contributed by atoms with Gasteiger partial charge in [-0.15, -0.1) is 0 Å². The molecule has 2 amide bonds. The first-order valence-electron chi connectivity index (χ1n) is 7.37. The number of ether oxygens (including phenoxy) is 2. The molecule has 0 aromatic heterocycles. The number of anilines is 1. The van der Waals surface area contributed by atoms with Crippen molar-refractivity contribution in [3.8, 4) is 6.07 Å². The first-order valence-corrected chi connectivity index (χ1v) is 7.37. The van der Waals surface area contributed by atoms with E-state index in [1.54, 1.807) is 25.3 Å². The highest BCUT2D eigenvalue weighted by molar-refractivity contribution is 5.89. The maximum atomic E-state index is 11.9. The molecule has 118 valence electrons. The Morgan fingerprint density at radius 1 is 1.45 bits per heavy atom. The Bertz CT molecular complexity index is 562. The molecule has 1 aromatic carbocycles. The zero-order valence-electron chi connectivity index (χ0n) is 12.9. The smallest absolute Gasteiger partial charge is 0.319 e. The second-order valence-electron chi connectivity index (χ2n) is 5.26. The number of nitrogens with zero attached hydrogens (tertiary/aromatic N) is 1. The fourth-order valence-electron chi connectivity index (χ4n) is 2.45. The van der Waals surface area contributed by atoms with Gasteiger partial charge in [-0.25, -0.2) is 4.79 Å². The van der Waals surface area contributed by atoms with Crippen LogP contribution in [0.4, 0.5) is 10.5 Å². The lowest BCUT2D eigenvalue weighted by atomic mass is 9.89. The monoisotopic (exact) mass is 303 g/mol. The van der Waals surface area contributed by atoms with Gasteiger partial charge in [0.1, 0.15) is 0 Å². The summed E-state index contributed by atoms with van der Waals surface area (Å²) in [4.78, 5) is 11.9. The molecule has 2 rings (SSSR count). The minimum absolute atomic E-state index is 0.153. The molecule has 0 atom stereocenters. The average Bonchev–Trinajstić information content (AvgIpc) is 2.47. The van der Waals surface area contributed by atoms with Crippen LogP contribution in [0.15, 0.2) is 18.2 Å². The van der Waals surface area contributed by atoms with Crippen LogP contribution < -0.4 is 10.6 Å². The lowest BCUT2D eigenvalue weighted by molar-refractivity contribution is -0.00673. The summed E-state index contributed by atoms with van der Waals surface area (Å²) < 4.78 is 10.5. The van der Waals surface area contributed by atoms with Crippen LogP contribution in [0.5, 0.6) is 0 Å². The van der Waals surface area contributed by atoms with Gasteiger partial charge in [0.15, 0.2) is 0 Å². The molecular weight excluding hydrogens is 282 g/mol. The van der Waals surface area contributed by atoms with E-state index in [1.807, 2.05) is 6.92 Å². The SMILES string of the molecule is CCOC1CC(NC(=O)Nc2ccc(COC)c(C#N)c2)C1. The quantitative estimate of drug-likeness (QED) is 0.845. The number of carbonyl (C=O) groups excluding carboxylic acids is 1. The van der Waals surface area contributed by atoms with E-state index in [0.29, 0.717) is 24.5 Å². The molecule has 0 aliphatic heterocycles. The predicted octanol–water partition coefficient (Wildman–Crippen LogP) is 2.39. The van der Waals surface area contributed by atoms with Crippen LogP contribution in [0.2, 0.25) is 0 Å². The third-order valence-electron chi connectivity index (χ3n) is 3.62. The zero-order chi connectivity index (χ0) is 15.9. The van der Waals surface area contributed by atoms with Crippen LogP contribution >= 0.6 is 0 Å². The van der Waals surface area contributed by atoms with E-state index < -0.39 is 0 Å². The van der Waals surface area contributed by atoms with E-state index in [4.69, 9.17) is 14.7 Å². The van der Waals surface area contributed by atoms with Gasteiger partial charge in [0.05, 0.1) is 24.3 Å². The Hall–Kier alpha value is -2.10. The minimum atomic E-state index is -0.261. The van der Waals surface area contributed by atoms with Crippen LogP contribution in [0.3, 0.4) is 0 Å². The fourth-order valence-corrected chi connectivity index (χ4v) is 2.45. The highest BCUT2D eigenvalue weighted by Crippen LogP contribution is 2.23. The zero-order valence-corrected chi connectivity index (χ0v) is 12.9. The molecule has 6 heteroatoms. The van der Waals surface area contributed by atoms with E-state index in [1.165, 1.54) is 0 Å². The number of rotatable bonds is 6. The number of benzene rings is 1. The molecule has 22 heavy (non-hydrogen) atoms. The number of nitriles is 1. The molecule has 0 unspecified atom stereocenters. The topological polar surface area (TPSA) is 83.4 Å². The van der Waals surface area contributed by atoms with E-state index in [-0.39, 0.29) is 18.2 Å². The number of amides is 2. The highest BCUT2D eigenvalue weighted by Gasteiger charge is 2.30. The van der Waals surface area contributed by atoms with E-state index >= 15 is 0 Å². The molecule has 0 saturated heterocycles. The van der Waals surface area contributed by atoms with Crippen molar-refractivity contribution < 1.29 is 14.3 Å². The second kappa shape index (κ2) is 7.78. The number of urea groups is 1. The molecular formula is C16H21N3O3. The normalized spacial score (nSPS) is 19.9. The van der Waals surface area contributed by atoms with Crippen LogP contribution in [0, 0.1) is 11.3 Å². The van der Waals surface area contributed by atoms with E-state index in [0.717, 1.165) is 18.4 Å². The Morgan fingerprint density at radius 2 is 2.23 bits per heavy atom. The number of carbonyl (C=O) groups is 1. The maximum Gasteiger partial charge on any atom is 0.319 e. The van der Waals surface area contributed by atoms with Gasteiger partial charge in [-0.3, -0.25) is 0 Å². The third kappa shape index (κ3) is 4.20. The molecule has 0 bridgehead atoms. The molecule has 1 fully saturated rings. The third-order valence-corrected chi connectivity index (χ3v) is 3.62. The van der Waals surface area contributed by atoms with Crippen molar-refractivity contribution in [2.75, 3.05) is 19.0 Å². The molecule has 1 aliphatic rings. The van der Waals surface area contributed by atoms with Crippen LogP contribution in [0.25, 0.3) is 0 Å². The largest absolute Gasteiger partial charge is 0.380 e. The maximum absolute atomic E-state index is 11.9. The van der Waals surface area contributed by atoms with Crippen molar-refractivity contribution in [2.45, 2.75) is 38.5 Å². The summed E-state index contributed by atoms with van der Waals surface area (Å²) in [5, 5.41) is 14.8. The van der Waals surface area contributed by atoms with Gasteiger partial charge in [-0.2, -0.15) is 5.26 Å². The summed E-state index contributed by atoms with van der Waals surface area (Å²) in [5.74, 6) is 0. The van der Waals surface area contributed by atoms with Crippen LogP contribution in [-0.2, 0) is 16.1 Å². The van der Waals surface area contributed by atoms with Gasteiger partial charge in [0, 0.05) is 25.4 Å². The van der Waals surface area contributed by atoms with Gasteiger partial charge >= 0.3 is 6.03 Å². The number of nitrogens with one attached hydrogen (secondary N) is 2. The Morgan fingerprint density at radius 3 is 2.86 bits per heavy atom. The van der Waals surface area contributed by atoms with Crippen molar-refractivity contribution in [3.63, 3.8) is 0 Å². The van der Waals surface area contributed by atoms with Gasteiger partial charge in [-0.05, 0) is 37.5 Å². The Balaban J connectivity index is 1.86. The van der Waals surface area contributed by atoms with Gasteiger partial charge in [0.2, 0.25) is 0 Å². The van der Waals surface area contributed by atoms with Crippen molar-refractivity contribution in [2.24, 2.45) is 0 Å². The lowest BCUT2D eigenvalue weighted by Gasteiger charge is -2.35. The van der Waals surface area contributed by atoms with Crippen molar-refractivity contribution in [3.05, 3.63) is 29.3 Å². The summed E-state index contributed by atoms with van der Waals surface area (Å²) in [7, 11) is 1.58. The van der Waals surface area contributed by atoms with E-state index in [2.05, 4.69) is 16.7 Å². The molecule has 0 radical (unpaired) electrons. The number of hydrogen-bond acceptors (Lipinski definition) is 4. The number of hydrogen-bond donors (Lipinski definition) is 2. The minimum Gasteiger partial charge on any atom is -0.380 e. The summed E-state index contributed by atoms with van der Waals surface area (Å²) in [6, 6.07) is 7.20. The molecule has 0 heterocycles. The van der Waals surface area contributed by atoms with Gasteiger partial charge in [-0.1, -0.05) is 6.07 Å². The average molecular weight is 303 g/mol. The fraction of sp³-hybridized carbons (Fsp3) is 0.500. The second-order valence-corrected chi connectivity index (χ2v) is 5.26. The Labute approximate surface area is 130 Å². The summed E-state index contributed by atoms with van der Waals surface area (Å²) >= 11 is 0. The molecule has 1 aromatic rings. The van der Waals surface area contributed by atoms with E-state index in [9.17, 15) is 4.79 Å². The highest BCUT2D eigenvalue weighted by atomic mass is 16.5. The van der Waals surface area contributed by atoms with Crippen molar-refractivity contribution in [1.29, 1.82) is 5.26 Å². The lowest BCUT2D eigenvalue weighted by Crippen LogP contribution is -2.49. The van der Waals surface area contributed by atoms with Gasteiger partial charge < -0.3 is 20.1 Å². The van der Waals surface area contributed by atoms with Crippen molar-refractivity contribution in [1.82, 2.24) is 5.32 Å². The Kier molecular flexibility index (Phi) is 5.75. The molecule has 2 N–H and O–H groups in total. The summed E-state index contributed by atoms with van der Waals surface area (Å²) in [6.07, 6.45) is 1.95.